The average Bonchev–Trinajstić information content (AvgIpc) is 2.54. The number of esters is 1. The smallest absolute Gasteiger partial charge is 0.326 e. The standard InChI is InChI=1S/C17H25NO3/c1-14(12-19)18-17(10-6-3-7-11-17)16(20)21-13-15-8-4-2-5-9-15/h2,4-5,8-9,14,18-19H,3,6-7,10-13H2,1H3/t14-/m0/s1. The van der Waals surface area contributed by atoms with Crippen molar-refractivity contribution in [3.63, 3.8) is 0 Å². The maximum atomic E-state index is 12.6. The lowest BCUT2D eigenvalue weighted by Gasteiger charge is -2.37. The first-order valence-electron chi connectivity index (χ1n) is 7.76. The molecule has 1 saturated carbocycles. The van der Waals surface area contributed by atoms with Crippen molar-refractivity contribution < 1.29 is 14.6 Å². The highest BCUT2D eigenvalue weighted by molar-refractivity contribution is 5.81. The van der Waals surface area contributed by atoms with Crippen molar-refractivity contribution in [2.24, 2.45) is 0 Å². The Bertz CT molecular complexity index is 441. The van der Waals surface area contributed by atoms with Crippen LogP contribution in [0.2, 0.25) is 0 Å². The van der Waals surface area contributed by atoms with Crippen LogP contribution < -0.4 is 5.32 Å². The summed E-state index contributed by atoms with van der Waals surface area (Å²) in [5.74, 6) is -0.189. The number of hydrogen-bond acceptors (Lipinski definition) is 4. The number of nitrogens with one attached hydrogen (secondary N) is 1. The number of aliphatic hydroxyl groups is 1. The van der Waals surface area contributed by atoms with Crippen molar-refractivity contribution >= 4 is 5.97 Å². The highest BCUT2D eigenvalue weighted by atomic mass is 16.5. The van der Waals surface area contributed by atoms with E-state index in [4.69, 9.17) is 4.74 Å². The van der Waals surface area contributed by atoms with Crippen molar-refractivity contribution in [2.45, 2.75) is 57.2 Å². The van der Waals surface area contributed by atoms with Gasteiger partial charge in [0, 0.05) is 6.04 Å². The van der Waals surface area contributed by atoms with Crippen LogP contribution in [-0.2, 0) is 16.1 Å². The summed E-state index contributed by atoms with van der Waals surface area (Å²) in [6.07, 6.45) is 4.76. The van der Waals surface area contributed by atoms with Crippen LogP contribution in [0.1, 0.15) is 44.6 Å². The molecule has 1 aromatic carbocycles. The van der Waals surface area contributed by atoms with E-state index in [-0.39, 0.29) is 18.6 Å². The van der Waals surface area contributed by atoms with Crippen LogP contribution in [0, 0.1) is 0 Å². The average molecular weight is 291 g/mol. The molecule has 0 saturated heterocycles. The van der Waals surface area contributed by atoms with E-state index in [1.807, 2.05) is 37.3 Å². The first-order valence-corrected chi connectivity index (χ1v) is 7.76. The fraction of sp³-hybridized carbons (Fsp3) is 0.588. The number of carbonyl (C=O) groups excluding carboxylic acids is 1. The van der Waals surface area contributed by atoms with Gasteiger partial charge in [-0.3, -0.25) is 10.1 Å². The molecule has 0 heterocycles. The van der Waals surface area contributed by atoms with Gasteiger partial charge in [0.2, 0.25) is 0 Å². The van der Waals surface area contributed by atoms with Gasteiger partial charge in [-0.2, -0.15) is 0 Å². The van der Waals surface area contributed by atoms with Gasteiger partial charge in [-0.15, -0.1) is 0 Å². The summed E-state index contributed by atoms with van der Waals surface area (Å²) in [5, 5.41) is 12.5. The molecule has 116 valence electrons. The van der Waals surface area contributed by atoms with E-state index in [9.17, 15) is 9.90 Å². The quantitative estimate of drug-likeness (QED) is 0.790. The zero-order chi connectivity index (χ0) is 15.1. The normalized spacial score (nSPS) is 19.0. The molecule has 21 heavy (non-hydrogen) atoms. The minimum atomic E-state index is -0.630. The number of benzene rings is 1. The summed E-state index contributed by atoms with van der Waals surface area (Å²) in [5.41, 5.74) is 0.363. The highest BCUT2D eigenvalue weighted by Crippen LogP contribution is 2.30. The molecule has 1 fully saturated rings. The fourth-order valence-corrected chi connectivity index (χ4v) is 2.94. The number of rotatable bonds is 6. The lowest BCUT2D eigenvalue weighted by atomic mass is 9.81. The van der Waals surface area contributed by atoms with Gasteiger partial charge in [0.1, 0.15) is 12.1 Å². The Morgan fingerprint density at radius 1 is 1.29 bits per heavy atom. The van der Waals surface area contributed by atoms with E-state index < -0.39 is 5.54 Å². The summed E-state index contributed by atoms with van der Waals surface area (Å²) in [6.45, 7) is 2.21. The lowest BCUT2D eigenvalue weighted by Crippen LogP contribution is -2.57. The van der Waals surface area contributed by atoms with Gasteiger partial charge in [-0.25, -0.2) is 0 Å². The molecule has 2 rings (SSSR count). The Morgan fingerprint density at radius 3 is 2.57 bits per heavy atom. The number of aliphatic hydroxyl groups excluding tert-OH is 1. The third kappa shape index (κ3) is 4.29. The van der Waals surface area contributed by atoms with Crippen LogP contribution in [0.5, 0.6) is 0 Å². The highest BCUT2D eigenvalue weighted by Gasteiger charge is 2.41. The topological polar surface area (TPSA) is 58.6 Å². The SMILES string of the molecule is C[C@@H](CO)NC1(C(=O)OCc2ccccc2)CCCCC1. The predicted octanol–water partition coefficient (Wildman–Crippen LogP) is 2.40. The first kappa shape index (κ1) is 16.0. The molecular formula is C17H25NO3. The maximum Gasteiger partial charge on any atom is 0.326 e. The van der Waals surface area contributed by atoms with Gasteiger partial charge in [-0.1, -0.05) is 49.6 Å². The monoisotopic (exact) mass is 291 g/mol. The molecule has 0 aliphatic heterocycles. The molecule has 1 aliphatic rings. The van der Waals surface area contributed by atoms with E-state index in [1.54, 1.807) is 0 Å². The molecule has 0 amide bonds. The van der Waals surface area contributed by atoms with E-state index in [2.05, 4.69) is 5.32 Å². The number of ether oxygens (including phenoxy) is 1. The van der Waals surface area contributed by atoms with Gasteiger partial charge in [-0.05, 0) is 25.3 Å². The van der Waals surface area contributed by atoms with E-state index in [0.29, 0.717) is 6.61 Å². The molecule has 1 atom stereocenters. The molecule has 2 N–H and O–H groups in total. The van der Waals surface area contributed by atoms with Crippen molar-refractivity contribution in [3.05, 3.63) is 35.9 Å². The zero-order valence-corrected chi connectivity index (χ0v) is 12.7. The molecule has 4 heteroatoms. The lowest BCUT2D eigenvalue weighted by molar-refractivity contribution is -0.155. The Hall–Kier alpha value is -1.39. The molecular weight excluding hydrogens is 266 g/mol. The summed E-state index contributed by atoms with van der Waals surface area (Å²) < 4.78 is 5.53. The maximum absolute atomic E-state index is 12.6. The number of carbonyl (C=O) groups is 1. The Kier molecular flexibility index (Phi) is 5.76. The Balaban J connectivity index is 2.00. The Labute approximate surface area is 126 Å². The minimum Gasteiger partial charge on any atom is -0.459 e. The largest absolute Gasteiger partial charge is 0.459 e. The summed E-state index contributed by atoms with van der Waals surface area (Å²) >= 11 is 0. The third-order valence-electron chi connectivity index (χ3n) is 4.11. The molecule has 4 nitrogen and oxygen atoms in total. The van der Waals surface area contributed by atoms with Crippen LogP contribution in [0.25, 0.3) is 0 Å². The fourth-order valence-electron chi connectivity index (χ4n) is 2.94. The molecule has 0 aromatic heterocycles. The van der Waals surface area contributed by atoms with Crippen molar-refractivity contribution in [1.29, 1.82) is 0 Å². The van der Waals surface area contributed by atoms with Gasteiger partial charge < -0.3 is 9.84 Å². The van der Waals surface area contributed by atoms with Crippen LogP contribution in [0.4, 0.5) is 0 Å². The second kappa shape index (κ2) is 7.57. The van der Waals surface area contributed by atoms with E-state index in [0.717, 1.165) is 37.7 Å². The second-order valence-electron chi connectivity index (χ2n) is 5.93. The molecule has 1 aromatic rings. The summed E-state index contributed by atoms with van der Waals surface area (Å²) in [4.78, 5) is 12.6. The van der Waals surface area contributed by atoms with Crippen LogP contribution in [0.3, 0.4) is 0 Å². The summed E-state index contributed by atoms with van der Waals surface area (Å²) in [7, 11) is 0. The Morgan fingerprint density at radius 2 is 1.95 bits per heavy atom. The van der Waals surface area contributed by atoms with Crippen molar-refractivity contribution in [2.75, 3.05) is 6.61 Å². The van der Waals surface area contributed by atoms with Crippen molar-refractivity contribution in [1.82, 2.24) is 5.32 Å². The number of hydrogen-bond donors (Lipinski definition) is 2. The van der Waals surface area contributed by atoms with E-state index in [1.165, 1.54) is 0 Å². The molecule has 1 aliphatic carbocycles. The third-order valence-corrected chi connectivity index (χ3v) is 4.11. The molecule has 0 radical (unpaired) electrons. The van der Waals surface area contributed by atoms with Gasteiger partial charge in [0.25, 0.3) is 0 Å². The van der Waals surface area contributed by atoms with Gasteiger partial charge in [0.05, 0.1) is 6.61 Å². The predicted molar refractivity (Wildman–Crippen MR) is 81.7 cm³/mol. The van der Waals surface area contributed by atoms with Crippen molar-refractivity contribution in [3.8, 4) is 0 Å². The van der Waals surface area contributed by atoms with E-state index >= 15 is 0 Å². The summed E-state index contributed by atoms with van der Waals surface area (Å²) in [6, 6.07) is 9.61. The first-order chi connectivity index (χ1) is 10.2. The van der Waals surface area contributed by atoms with Crippen LogP contribution >= 0.6 is 0 Å². The second-order valence-corrected chi connectivity index (χ2v) is 5.93. The van der Waals surface area contributed by atoms with Crippen LogP contribution in [0.15, 0.2) is 30.3 Å². The molecule has 0 bridgehead atoms. The van der Waals surface area contributed by atoms with Crippen LogP contribution in [-0.4, -0.2) is 29.3 Å². The van der Waals surface area contributed by atoms with Gasteiger partial charge >= 0.3 is 5.97 Å². The zero-order valence-electron chi connectivity index (χ0n) is 12.7. The van der Waals surface area contributed by atoms with Gasteiger partial charge in [0.15, 0.2) is 0 Å². The molecule has 0 unspecified atom stereocenters. The minimum absolute atomic E-state index is 0.0215. The molecule has 0 spiro atoms.